The van der Waals surface area contributed by atoms with E-state index < -0.39 is 0 Å². The van der Waals surface area contributed by atoms with Crippen LogP contribution < -0.4 is 0 Å². The summed E-state index contributed by atoms with van der Waals surface area (Å²) in [5.74, 6) is 0. The quantitative estimate of drug-likeness (QED) is 0.710. The van der Waals surface area contributed by atoms with Crippen LogP contribution in [0.5, 0.6) is 0 Å². The number of fused-ring (bicyclic) bond motifs is 2. The van der Waals surface area contributed by atoms with Crippen LogP contribution in [0.25, 0.3) is 11.2 Å². The van der Waals surface area contributed by atoms with Crippen molar-refractivity contribution in [3.8, 4) is 0 Å². The van der Waals surface area contributed by atoms with E-state index in [-0.39, 0.29) is 0 Å². The summed E-state index contributed by atoms with van der Waals surface area (Å²) in [7, 11) is 0. The third-order valence-electron chi connectivity index (χ3n) is 3.88. The SMILES string of the molecule is c1ccc2c(c1)CCC[C@@H]2Sc1ccc2nccnc2n1. The van der Waals surface area contributed by atoms with Gasteiger partial charge in [-0.05, 0) is 42.5 Å². The molecule has 0 unspecified atom stereocenters. The van der Waals surface area contributed by atoms with Crippen molar-refractivity contribution in [2.24, 2.45) is 0 Å². The Morgan fingerprint density at radius 1 is 1.00 bits per heavy atom. The van der Waals surface area contributed by atoms with Gasteiger partial charge >= 0.3 is 0 Å². The molecule has 4 rings (SSSR count). The minimum Gasteiger partial charge on any atom is -0.251 e. The molecular formula is C17H15N3S. The standard InChI is InChI=1S/C17H15N3S/c1-2-6-13-12(4-1)5-3-7-15(13)21-16-9-8-14-17(20-16)19-11-10-18-14/h1-2,4,6,8-11,15H,3,5,7H2/t15-/m0/s1. The van der Waals surface area contributed by atoms with Gasteiger partial charge in [0.2, 0.25) is 0 Å². The Morgan fingerprint density at radius 3 is 2.90 bits per heavy atom. The van der Waals surface area contributed by atoms with Gasteiger partial charge in [-0.15, -0.1) is 0 Å². The number of benzene rings is 1. The van der Waals surface area contributed by atoms with E-state index in [0.29, 0.717) is 5.25 Å². The van der Waals surface area contributed by atoms with Crippen molar-refractivity contribution in [2.45, 2.75) is 29.5 Å². The maximum absolute atomic E-state index is 4.63. The van der Waals surface area contributed by atoms with Crippen LogP contribution in [-0.2, 0) is 6.42 Å². The van der Waals surface area contributed by atoms with E-state index in [0.717, 1.165) is 16.2 Å². The van der Waals surface area contributed by atoms with Crippen LogP contribution in [0.15, 0.2) is 53.8 Å². The Labute approximate surface area is 127 Å². The molecule has 4 heteroatoms. The van der Waals surface area contributed by atoms with Crippen molar-refractivity contribution in [1.82, 2.24) is 15.0 Å². The number of thioether (sulfide) groups is 1. The zero-order valence-electron chi connectivity index (χ0n) is 11.6. The average molecular weight is 293 g/mol. The van der Waals surface area contributed by atoms with Crippen molar-refractivity contribution in [1.29, 1.82) is 0 Å². The first-order valence-corrected chi connectivity index (χ1v) is 8.10. The molecule has 104 valence electrons. The van der Waals surface area contributed by atoms with Gasteiger partial charge < -0.3 is 0 Å². The number of pyridine rings is 1. The van der Waals surface area contributed by atoms with E-state index in [1.807, 2.05) is 17.8 Å². The van der Waals surface area contributed by atoms with Crippen molar-refractivity contribution in [3.05, 3.63) is 59.9 Å². The largest absolute Gasteiger partial charge is 0.251 e. The van der Waals surface area contributed by atoms with E-state index in [9.17, 15) is 0 Å². The fraction of sp³-hybridized carbons (Fsp3) is 0.235. The van der Waals surface area contributed by atoms with Gasteiger partial charge in [-0.1, -0.05) is 36.0 Å². The zero-order chi connectivity index (χ0) is 14.1. The van der Waals surface area contributed by atoms with Crippen LogP contribution in [0.2, 0.25) is 0 Å². The fourth-order valence-electron chi connectivity index (χ4n) is 2.88. The van der Waals surface area contributed by atoms with Gasteiger partial charge in [0.1, 0.15) is 5.52 Å². The highest BCUT2D eigenvalue weighted by Gasteiger charge is 2.21. The first-order chi connectivity index (χ1) is 10.4. The van der Waals surface area contributed by atoms with E-state index in [2.05, 4.69) is 45.3 Å². The van der Waals surface area contributed by atoms with Crippen LogP contribution in [0.4, 0.5) is 0 Å². The monoisotopic (exact) mass is 293 g/mol. The summed E-state index contributed by atoms with van der Waals surface area (Å²) in [6.45, 7) is 0. The molecule has 0 bridgehead atoms. The Balaban J connectivity index is 1.66. The van der Waals surface area contributed by atoms with Gasteiger partial charge in [0.15, 0.2) is 5.65 Å². The lowest BCUT2D eigenvalue weighted by molar-refractivity contribution is 0.673. The maximum atomic E-state index is 4.63. The molecule has 1 aromatic carbocycles. The summed E-state index contributed by atoms with van der Waals surface area (Å²) in [5.41, 5.74) is 4.54. The molecule has 0 saturated carbocycles. The number of hydrogen-bond donors (Lipinski definition) is 0. The van der Waals surface area contributed by atoms with Gasteiger partial charge in [-0.2, -0.15) is 0 Å². The zero-order valence-corrected chi connectivity index (χ0v) is 12.4. The number of aryl methyl sites for hydroxylation is 1. The molecule has 0 N–H and O–H groups in total. The molecule has 0 amide bonds. The van der Waals surface area contributed by atoms with Crippen molar-refractivity contribution in [2.75, 3.05) is 0 Å². The molecule has 0 saturated heterocycles. The number of nitrogens with zero attached hydrogens (tertiary/aromatic N) is 3. The minimum atomic E-state index is 0.497. The highest BCUT2D eigenvalue weighted by atomic mass is 32.2. The van der Waals surface area contributed by atoms with Crippen molar-refractivity contribution in [3.63, 3.8) is 0 Å². The van der Waals surface area contributed by atoms with E-state index >= 15 is 0 Å². The Kier molecular flexibility index (Phi) is 3.31. The third-order valence-corrected chi connectivity index (χ3v) is 5.13. The summed E-state index contributed by atoms with van der Waals surface area (Å²) < 4.78 is 0. The maximum Gasteiger partial charge on any atom is 0.179 e. The first kappa shape index (κ1) is 12.8. The second-order valence-corrected chi connectivity index (χ2v) is 6.47. The van der Waals surface area contributed by atoms with Crippen molar-refractivity contribution >= 4 is 22.9 Å². The van der Waals surface area contributed by atoms with Gasteiger partial charge in [-0.3, -0.25) is 4.98 Å². The lowest BCUT2D eigenvalue weighted by atomic mass is 9.91. The smallest absolute Gasteiger partial charge is 0.179 e. The van der Waals surface area contributed by atoms with Gasteiger partial charge in [0.25, 0.3) is 0 Å². The molecule has 21 heavy (non-hydrogen) atoms. The molecule has 1 aliphatic carbocycles. The first-order valence-electron chi connectivity index (χ1n) is 7.22. The van der Waals surface area contributed by atoms with Gasteiger partial charge in [0, 0.05) is 17.6 Å². The molecule has 0 aliphatic heterocycles. The van der Waals surface area contributed by atoms with E-state index in [4.69, 9.17) is 0 Å². The molecule has 3 aromatic rings. The Morgan fingerprint density at radius 2 is 1.90 bits per heavy atom. The number of hydrogen-bond acceptors (Lipinski definition) is 4. The highest BCUT2D eigenvalue weighted by molar-refractivity contribution is 7.99. The predicted octanol–water partition coefficient (Wildman–Crippen LogP) is 4.19. The highest BCUT2D eigenvalue weighted by Crippen LogP contribution is 2.42. The Bertz CT molecular complexity index is 788. The summed E-state index contributed by atoms with van der Waals surface area (Å²) in [6, 6.07) is 12.8. The summed E-state index contributed by atoms with van der Waals surface area (Å²) in [4.78, 5) is 13.2. The van der Waals surface area contributed by atoms with Crippen LogP contribution in [-0.4, -0.2) is 15.0 Å². The molecule has 1 atom stereocenters. The lowest BCUT2D eigenvalue weighted by Gasteiger charge is -2.24. The lowest BCUT2D eigenvalue weighted by Crippen LogP contribution is -2.07. The number of rotatable bonds is 2. The van der Waals surface area contributed by atoms with E-state index in [1.165, 1.54) is 30.4 Å². The summed E-state index contributed by atoms with van der Waals surface area (Å²) in [5, 5.41) is 1.53. The molecule has 2 heterocycles. The Hall–Kier alpha value is -1.94. The third kappa shape index (κ3) is 2.51. The van der Waals surface area contributed by atoms with Gasteiger partial charge in [0.05, 0.1) is 5.03 Å². The minimum absolute atomic E-state index is 0.497. The molecule has 1 aliphatic rings. The van der Waals surface area contributed by atoms with Crippen LogP contribution in [0.1, 0.15) is 29.2 Å². The second-order valence-electron chi connectivity index (χ2n) is 5.25. The van der Waals surface area contributed by atoms with Crippen LogP contribution >= 0.6 is 11.8 Å². The molecule has 3 nitrogen and oxygen atoms in total. The summed E-state index contributed by atoms with van der Waals surface area (Å²) >= 11 is 1.84. The molecular weight excluding hydrogens is 278 g/mol. The second kappa shape index (κ2) is 5.45. The predicted molar refractivity (Wildman–Crippen MR) is 85.3 cm³/mol. The van der Waals surface area contributed by atoms with Gasteiger partial charge in [-0.25, -0.2) is 9.97 Å². The molecule has 0 radical (unpaired) electrons. The molecule has 0 spiro atoms. The molecule has 0 fully saturated rings. The molecule has 2 aromatic heterocycles. The average Bonchev–Trinajstić information content (AvgIpc) is 2.55. The van der Waals surface area contributed by atoms with Crippen LogP contribution in [0, 0.1) is 0 Å². The normalized spacial score (nSPS) is 17.6. The topological polar surface area (TPSA) is 38.7 Å². The van der Waals surface area contributed by atoms with Crippen molar-refractivity contribution < 1.29 is 0 Å². The van der Waals surface area contributed by atoms with E-state index in [1.54, 1.807) is 12.4 Å². The summed E-state index contributed by atoms with van der Waals surface area (Å²) in [6.07, 6.45) is 7.06. The van der Waals surface area contributed by atoms with Crippen LogP contribution in [0.3, 0.4) is 0 Å². The number of aromatic nitrogens is 3. The fourth-order valence-corrected chi connectivity index (χ4v) is 4.10.